The number of primary sulfonamides is 1. The highest BCUT2D eigenvalue weighted by Gasteiger charge is 2.22. The highest BCUT2D eigenvalue weighted by Crippen LogP contribution is 2.34. The molecule has 124 valence electrons. The fourth-order valence-electron chi connectivity index (χ4n) is 2.60. The summed E-state index contributed by atoms with van der Waals surface area (Å²) >= 11 is 4.75. The maximum absolute atomic E-state index is 13.0. The Morgan fingerprint density at radius 3 is 2.58 bits per heavy atom. The second kappa shape index (κ2) is 6.40. The number of sulfonamides is 1. The normalized spacial score (nSPS) is 11.8. The van der Waals surface area contributed by atoms with E-state index in [9.17, 15) is 13.2 Å². The summed E-state index contributed by atoms with van der Waals surface area (Å²) in [5, 5.41) is 6.12. The van der Waals surface area contributed by atoms with Crippen molar-refractivity contribution in [2.24, 2.45) is 5.14 Å². The van der Waals surface area contributed by atoms with Crippen molar-refractivity contribution in [3.05, 3.63) is 62.9 Å². The van der Waals surface area contributed by atoms with Crippen molar-refractivity contribution < 1.29 is 13.2 Å². The first-order valence-corrected chi connectivity index (χ1v) is 10.4. The largest absolute Gasteiger partial charge is 0.289 e. The third-order valence-electron chi connectivity index (χ3n) is 3.72. The molecule has 0 radical (unpaired) electrons. The number of carbonyl (C=O) groups excluding carboxylic acids is 1. The molecule has 0 fully saturated rings. The van der Waals surface area contributed by atoms with Crippen LogP contribution < -0.4 is 5.14 Å². The molecule has 0 aliphatic heterocycles. The van der Waals surface area contributed by atoms with Gasteiger partial charge in [-0.2, -0.15) is 0 Å². The molecule has 0 aliphatic carbocycles. The Kier molecular flexibility index (Phi) is 4.61. The average molecular weight is 424 g/mol. The van der Waals surface area contributed by atoms with E-state index in [1.807, 2.05) is 31.2 Å². The van der Waals surface area contributed by atoms with Crippen molar-refractivity contribution in [3.63, 3.8) is 0 Å². The van der Waals surface area contributed by atoms with E-state index in [1.165, 1.54) is 12.1 Å². The lowest BCUT2D eigenvalue weighted by molar-refractivity contribution is 0.103. The Hall–Kier alpha value is -1.54. The molecule has 4 nitrogen and oxygen atoms in total. The number of carbonyl (C=O) groups is 1. The summed E-state index contributed by atoms with van der Waals surface area (Å²) in [5.41, 5.74) is 0.946. The molecule has 24 heavy (non-hydrogen) atoms. The van der Waals surface area contributed by atoms with Gasteiger partial charge in [0.1, 0.15) is 0 Å². The standard InChI is InChI=1S/C17H14BrNO3S2/c1-2-13-16(11-5-3-4-6-14(11)23-13)17(20)10-7-8-12(18)15(9-10)24(19,21)22/h3-9H,2H2,1H3,(H2,19,21,22). The predicted molar refractivity (Wildman–Crippen MR) is 100 cm³/mol. The van der Waals surface area contributed by atoms with E-state index in [2.05, 4.69) is 15.9 Å². The maximum atomic E-state index is 13.0. The first-order chi connectivity index (χ1) is 11.3. The van der Waals surface area contributed by atoms with Crippen LogP contribution in [0.2, 0.25) is 0 Å². The molecule has 0 saturated carbocycles. The maximum Gasteiger partial charge on any atom is 0.239 e. The van der Waals surface area contributed by atoms with Crippen molar-refractivity contribution in [2.45, 2.75) is 18.2 Å². The average Bonchev–Trinajstić information content (AvgIpc) is 2.92. The first kappa shape index (κ1) is 17.3. The van der Waals surface area contributed by atoms with Gasteiger partial charge in [-0.1, -0.05) is 25.1 Å². The lowest BCUT2D eigenvalue weighted by atomic mass is 9.99. The van der Waals surface area contributed by atoms with Gasteiger partial charge in [-0.15, -0.1) is 11.3 Å². The van der Waals surface area contributed by atoms with E-state index in [4.69, 9.17) is 5.14 Å². The number of rotatable bonds is 4. The summed E-state index contributed by atoms with van der Waals surface area (Å²) in [4.78, 5) is 13.9. The summed E-state index contributed by atoms with van der Waals surface area (Å²) < 4.78 is 24.8. The molecule has 3 aromatic rings. The van der Waals surface area contributed by atoms with Crippen LogP contribution in [-0.4, -0.2) is 14.2 Å². The number of aryl methyl sites for hydroxylation is 1. The van der Waals surface area contributed by atoms with Crippen LogP contribution in [0.15, 0.2) is 51.8 Å². The highest BCUT2D eigenvalue weighted by molar-refractivity contribution is 9.10. The fraction of sp³-hybridized carbons (Fsp3) is 0.118. The number of nitrogens with two attached hydrogens (primary N) is 1. The number of ketones is 1. The van der Waals surface area contributed by atoms with Crippen molar-refractivity contribution in [1.82, 2.24) is 0 Å². The fourth-order valence-corrected chi connectivity index (χ4v) is 5.30. The number of hydrogen-bond acceptors (Lipinski definition) is 4. The topological polar surface area (TPSA) is 77.2 Å². The Morgan fingerprint density at radius 2 is 1.92 bits per heavy atom. The van der Waals surface area contributed by atoms with Crippen LogP contribution in [0.3, 0.4) is 0 Å². The minimum absolute atomic E-state index is 0.0917. The lowest BCUT2D eigenvalue weighted by Crippen LogP contribution is -2.14. The van der Waals surface area contributed by atoms with Gasteiger partial charge in [-0.05, 0) is 46.6 Å². The van der Waals surface area contributed by atoms with Gasteiger partial charge in [0.15, 0.2) is 5.78 Å². The minimum atomic E-state index is -3.91. The second-order valence-corrected chi connectivity index (χ2v) is 8.79. The van der Waals surface area contributed by atoms with Crippen LogP contribution in [0.25, 0.3) is 10.1 Å². The van der Waals surface area contributed by atoms with Crippen molar-refractivity contribution in [1.29, 1.82) is 0 Å². The summed E-state index contributed by atoms with van der Waals surface area (Å²) in [7, 11) is -3.91. The molecule has 1 heterocycles. The SMILES string of the molecule is CCc1sc2ccccc2c1C(=O)c1ccc(Br)c(S(N)(=O)=O)c1. The van der Waals surface area contributed by atoms with E-state index in [0.717, 1.165) is 21.4 Å². The van der Waals surface area contributed by atoms with Gasteiger partial charge in [0.05, 0.1) is 4.90 Å². The second-order valence-electron chi connectivity index (χ2n) is 5.27. The van der Waals surface area contributed by atoms with Gasteiger partial charge in [-0.25, -0.2) is 13.6 Å². The first-order valence-electron chi connectivity index (χ1n) is 7.20. The van der Waals surface area contributed by atoms with E-state index in [-0.39, 0.29) is 10.7 Å². The molecule has 7 heteroatoms. The number of benzene rings is 2. The quantitative estimate of drug-likeness (QED) is 0.641. The summed E-state index contributed by atoms with van der Waals surface area (Å²) in [6.07, 6.45) is 0.735. The number of halogens is 1. The van der Waals surface area contributed by atoms with Crippen molar-refractivity contribution >= 4 is 53.2 Å². The molecule has 3 rings (SSSR count). The van der Waals surface area contributed by atoms with Crippen molar-refractivity contribution in [2.75, 3.05) is 0 Å². The van der Waals surface area contributed by atoms with Gasteiger partial charge in [0.2, 0.25) is 10.0 Å². The van der Waals surface area contributed by atoms with E-state index in [0.29, 0.717) is 15.6 Å². The van der Waals surface area contributed by atoms with Gasteiger partial charge < -0.3 is 0 Å². The third-order valence-corrected chi connectivity index (χ3v) is 6.94. The lowest BCUT2D eigenvalue weighted by Gasteiger charge is -2.07. The Labute approximate surface area is 152 Å². The van der Waals surface area contributed by atoms with Crippen molar-refractivity contribution in [3.8, 4) is 0 Å². The summed E-state index contributed by atoms with van der Waals surface area (Å²) in [6, 6.07) is 12.2. The van der Waals surface area contributed by atoms with Gasteiger partial charge in [0, 0.05) is 30.6 Å². The zero-order valence-corrected chi connectivity index (χ0v) is 16.0. The summed E-state index contributed by atoms with van der Waals surface area (Å²) in [5.74, 6) is -0.193. The van der Waals surface area contributed by atoms with Crippen LogP contribution in [0, 0.1) is 0 Å². The molecule has 0 unspecified atom stereocenters. The highest BCUT2D eigenvalue weighted by atomic mass is 79.9. The van der Waals surface area contributed by atoms with Gasteiger partial charge in [-0.3, -0.25) is 4.79 Å². The zero-order valence-electron chi connectivity index (χ0n) is 12.7. The van der Waals surface area contributed by atoms with Gasteiger partial charge in [0.25, 0.3) is 0 Å². The zero-order chi connectivity index (χ0) is 17.5. The molecule has 2 aromatic carbocycles. The molecule has 2 N–H and O–H groups in total. The Morgan fingerprint density at radius 1 is 1.21 bits per heavy atom. The molecule has 0 saturated heterocycles. The predicted octanol–water partition coefficient (Wildman–Crippen LogP) is 4.10. The number of fused-ring (bicyclic) bond motifs is 1. The van der Waals surface area contributed by atoms with Gasteiger partial charge >= 0.3 is 0 Å². The third kappa shape index (κ3) is 3.04. The van der Waals surface area contributed by atoms with E-state index >= 15 is 0 Å². The molecule has 1 aromatic heterocycles. The monoisotopic (exact) mass is 423 g/mol. The van der Waals surface area contributed by atoms with Crippen LogP contribution in [-0.2, 0) is 16.4 Å². The van der Waals surface area contributed by atoms with Crippen LogP contribution in [0.1, 0.15) is 27.7 Å². The molecular formula is C17H14BrNO3S2. The molecule has 0 atom stereocenters. The number of thiophene rings is 1. The molecule has 0 aliphatic rings. The minimum Gasteiger partial charge on any atom is -0.289 e. The van der Waals surface area contributed by atoms with E-state index in [1.54, 1.807) is 17.4 Å². The molecule has 0 spiro atoms. The summed E-state index contributed by atoms with van der Waals surface area (Å²) in [6.45, 7) is 2.00. The molecular weight excluding hydrogens is 410 g/mol. The molecule has 0 amide bonds. The van der Waals surface area contributed by atoms with Crippen LogP contribution in [0.4, 0.5) is 0 Å². The Balaban J connectivity index is 2.21. The van der Waals surface area contributed by atoms with E-state index < -0.39 is 10.0 Å². The molecule has 0 bridgehead atoms. The smallest absolute Gasteiger partial charge is 0.239 e. The van der Waals surface area contributed by atoms with Crippen LogP contribution in [0.5, 0.6) is 0 Å². The Bertz CT molecular complexity index is 1050. The van der Waals surface area contributed by atoms with Crippen LogP contribution >= 0.6 is 27.3 Å². The number of hydrogen-bond donors (Lipinski definition) is 1.